The minimum atomic E-state index is -4.33. The Bertz CT molecular complexity index is 723. The van der Waals surface area contributed by atoms with Gasteiger partial charge in [0.25, 0.3) is 0 Å². The van der Waals surface area contributed by atoms with Crippen molar-refractivity contribution in [2.45, 2.75) is 69.9 Å². The van der Waals surface area contributed by atoms with E-state index in [0.717, 1.165) is 0 Å². The zero-order valence-electron chi connectivity index (χ0n) is 16.5. The van der Waals surface area contributed by atoms with Crippen LogP contribution in [0.25, 0.3) is 0 Å². The molecule has 0 aromatic heterocycles. The molecular formula is C20H26F4N2O2. The molecule has 2 unspecified atom stereocenters. The summed E-state index contributed by atoms with van der Waals surface area (Å²) in [6.07, 6.45) is -4.79. The molecule has 0 N–H and O–H groups in total. The number of hydrogen-bond donors (Lipinski definition) is 0. The normalized spacial score (nSPS) is 25.5. The van der Waals surface area contributed by atoms with Crippen LogP contribution in [0.3, 0.4) is 0 Å². The van der Waals surface area contributed by atoms with E-state index in [2.05, 4.69) is 0 Å². The highest BCUT2D eigenvalue weighted by molar-refractivity contribution is 5.69. The van der Waals surface area contributed by atoms with Gasteiger partial charge in [-0.15, -0.1) is 0 Å². The first kappa shape index (κ1) is 20.9. The van der Waals surface area contributed by atoms with Crippen molar-refractivity contribution >= 4 is 6.09 Å². The summed E-state index contributed by atoms with van der Waals surface area (Å²) >= 11 is 0. The number of nitrogens with zero attached hydrogens (tertiary/aromatic N) is 2. The van der Waals surface area contributed by atoms with Gasteiger partial charge >= 0.3 is 12.3 Å². The first-order valence-electron chi connectivity index (χ1n) is 9.43. The predicted octanol–water partition coefficient (Wildman–Crippen LogP) is 4.90. The summed E-state index contributed by atoms with van der Waals surface area (Å²) in [4.78, 5) is 15.7. The Hall–Kier alpha value is -1.83. The summed E-state index contributed by atoms with van der Waals surface area (Å²) in [6.45, 7) is 7.03. The van der Waals surface area contributed by atoms with Crippen LogP contribution >= 0.6 is 0 Å². The molecule has 1 aromatic rings. The Morgan fingerprint density at radius 2 is 1.68 bits per heavy atom. The standard InChI is InChI=1S/C20H26F4N2O2/c1-13-11-25(17(27)28-18(2,3)4)16(14-5-7-15(21)8-6-14)12-26(13)19(9-10-19)20(22,23)24/h5-8,13,16H,9-12H2,1-4H3. The van der Waals surface area contributed by atoms with Crippen LogP contribution in [-0.4, -0.2) is 52.3 Å². The number of alkyl halides is 3. The zero-order chi connectivity index (χ0) is 20.9. The molecule has 1 amide bonds. The molecule has 2 fully saturated rings. The van der Waals surface area contributed by atoms with Gasteiger partial charge in [0.15, 0.2) is 0 Å². The lowest BCUT2D eigenvalue weighted by Crippen LogP contribution is -2.62. The third-order valence-corrected chi connectivity index (χ3v) is 5.42. The molecule has 0 radical (unpaired) electrons. The highest BCUT2D eigenvalue weighted by Crippen LogP contribution is 2.55. The van der Waals surface area contributed by atoms with Gasteiger partial charge < -0.3 is 4.74 Å². The molecule has 8 heteroatoms. The third kappa shape index (κ3) is 3.97. The van der Waals surface area contributed by atoms with Crippen molar-refractivity contribution < 1.29 is 27.1 Å². The van der Waals surface area contributed by atoms with E-state index in [1.807, 2.05) is 0 Å². The molecule has 1 heterocycles. The van der Waals surface area contributed by atoms with Gasteiger partial charge in [-0.1, -0.05) is 12.1 Å². The fourth-order valence-corrected chi connectivity index (χ4v) is 3.92. The molecule has 0 spiro atoms. The van der Waals surface area contributed by atoms with E-state index >= 15 is 0 Å². The molecule has 2 aliphatic rings. The molecule has 0 bridgehead atoms. The second-order valence-corrected chi connectivity index (χ2v) is 8.73. The fourth-order valence-electron chi connectivity index (χ4n) is 3.92. The molecule has 1 saturated carbocycles. The third-order valence-electron chi connectivity index (χ3n) is 5.42. The topological polar surface area (TPSA) is 32.8 Å². The number of hydrogen-bond acceptors (Lipinski definition) is 3. The molecule has 1 saturated heterocycles. The minimum Gasteiger partial charge on any atom is -0.444 e. The maximum Gasteiger partial charge on any atom is 0.410 e. The Labute approximate surface area is 162 Å². The Balaban J connectivity index is 1.93. The molecular weight excluding hydrogens is 376 g/mol. The van der Waals surface area contributed by atoms with E-state index < -0.39 is 41.3 Å². The van der Waals surface area contributed by atoms with Gasteiger partial charge in [0.05, 0.1) is 6.04 Å². The number of carbonyl (C=O) groups is 1. The van der Waals surface area contributed by atoms with Gasteiger partial charge in [0.2, 0.25) is 0 Å². The second kappa shape index (κ2) is 6.90. The molecule has 156 valence electrons. The highest BCUT2D eigenvalue weighted by Gasteiger charge is 2.68. The Morgan fingerprint density at radius 3 is 2.14 bits per heavy atom. The maximum atomic E-state index is 13.7. The van der Waals surface area contributed by atoms with Crippen molar-refractivity contribution in [1.29, 1.82) is 0 Å². The average molecular weight is 402 g/mol. The SMILES string of the molecule is CC1CN(C(=O)OC(C)(C)C)C(c2ccc(F)cc2)CN1C1(C(F)(F)F)CC1. The van der Waals surface area contributed by atoms with Crippen molar-refractivity contribution in [1.82, 2.24) is 9.80 Å². The minimum absolute atomic E-state index is 0.0194. The quantitative estimate of drug-likeness (QED) is 0.660. The molecule has 1 aromatic carbocycles. The van der Waals surface area contributed by atoms with Crippen molar-refractivity contribution in [3.8, 4) is 0 Å². The van der Waals surface area contributed by atoms with E-state index in [0.29, 0.717) is 5.56 Å². The summed E-state index contributed by atoms with van der Waals surface area (Å²) < 4.78 is 60.0. The summed E-state index contributed by atoms with van der Waals surface area (Å²) in [6, 6.07) is 4.40. The molecule has 3 rings (SSSR count). The lowest BCUT2D eigenvalue weighted by atomic mass is 9.97. The molecule has 1 aliphatic carbocycles. The summed E-state index contributed by atoms with van der Waals surface area (Å²) in [5.41, 5.74) is -1.97. The lowest BCUT2D eigenvalue weighted by molar-refractivity contribution is -0.209. The van der Waals surface area contributed by atoms with E-state index in [1.54, 1.807) is 27.7 Å². The smallest absolute Gasteiger partial charge is 0.410 e. The number of rotatable bonds is 2. The van der Waals surface area contributed by atoms with Crippen molar-refractivity contribution in [3.63, 3.8) is 0 Å². The van der Waals surface area contributed by atoms with Gasteiger partial charge in [-0.25, -0.2) is 9.18 Å². The van der Waals surface area contributed by atoms with Crippen LogP contribution in [-0.2, 0) is 4.74 Å². The van der Waals surface area contributed by atoms with Gasteiger partial charge in [-0.2, -0.15) is 13.2 Å². The second-order valence-electron chi connectivity index (χ2n) is 8.73. The Morgan fingerprint density at radius 1 is 1.11 bits per heavy atom. The zero-order valence-corrected chi connectivity index (χ0v) is 16.5. The van der Waals surface area contributed by atoms with Crippen molar-refractivity contribution in [2.24, 2.45) is 0 Å². The van der Waals surface area contributed by atoms with Crippen molar-refractivity contribution in [2.75, 3.05) is 13.1 Å². The van der Waals surface area contributed by atoms with Crippen LogP contribution in [0.1, 0.15) is 52.1 Å². The maximum absolute atomic E-state index is 13.7. The first-order valence-corrected chi connectivity index (χ1v) is 9.43. The van der Waals surface area contributed by atoms with Gasteiger partial charge in [0.1, 0.15) is 17.0 Å². The molecule has 2 atom stereocenters. The number of halogens is 4. The number of ether oxygens (including phenoxy) is 1. The van der Waals surface area contributed by atoms with E-state index in [4.69, 9.17) is 4.74 Å². The summed E-state index contributed by atoms with van der Waals surface area (Å²) in [5, 5.41) is 0. The Kier molecular flexibility index (Phi) is 5.15. The van der Waals surface area contributed by atoms with Crippen molar-refractivity contribution in [3.05, 3.63) is 35.6 Å². The predicted molar refractivity (Wildman–Crippen MR) is 96.3 cm³/mol. The number of benzene rings is 1. The van der Waals surface area contributed by atoms with E-state index in [-0.39, 0.29) is 25.9 Å². The summed E-state index contributed by atoms with van der Waals surface area (Å²) in [5.74, 6) is -0.442. The van der Waals surface area contributed by atoms with Crippen LogP contribution < -0.4 is 0 Å². The molecule has 1 aliphatic heterocycles. The first-order chi connectivity index (χ1) is 12.8. The number of piperazine rings is 1. The average Bonchev–Trinajstić information content (AvgIpc) is 3.35. The van der Waals surface area contributed by atoms with Gasteiger partial charge in [-0.3, -0.25) is 9.80 Å². The fraction of sp³-hybridized carbons (Fsp3) is 0.650. The number of amides is 1. The molecule has 4 nitrogen and oxygen atoms in total. The highest BCUT2D eigenvalue weighted by atomic mass is 19.4. The summed E-state index contributed by atoms with van der Waals surface area (Å²) in [7, 11) is 0. The van der Waals surface area contributed by atoms with Crippen LogP contribution in [0.15, 0.2) is 24.3 Å². The van der Waals surface area contributed by atoms with E-state index in [1.165, 1.54) is 34.1 Å². The largest absolute Gasteiger partial charge is 0.444 e. The van der Waals surface area contributed by atoms with E-state index in [9.17, 15) is 22.4 Å². The van der Waals surface area contributed by atoms with Crippen LogP contribution in [0.2, 0.25) is 0 Å². The monoisotopic (exact) mass is 402 g/mol. The van der Waals surface area contributed by atoms with Gasteiger partial charge in [-0.05, 0) is 58.2 Å². The number of carbonyl (C=O) groups excluding carboxylic acids is 1. The molecule has 28 heavy (non-hydrogen) atoms. The lowest BCUT2D eigenvalue weighted by Gasteiger charge is -2.49. The van der Waals surface area contributed by atoms with Crippen LogP contribution in [0, 0.1) is 5.82 Å². The van der Waals surface area contributed by atoms with Crippen LogP contribution in [0.4, 0.5) is 22.4 Å². The van der Waals surface area contributed by atoms with Crippen LogP contribution in [0.5, 0.6) is 0 Å². The van der Waals surface area contributed by atoms with Gasteiger partial charge in [0, 0.05) is 19.1 Å².